The Hall–Kier alpha value is -3.29. The van der Waals surface area contributed by atoms with Crippen LogP contribution in [0.3, 0.4) is 0 Å². The maximum absolute atomic E-state index is 12.1. The predicted molar refractivity (Wildman–Crippen MR) is 103 cm³/mol. The normalized spacial score (nSPS) is 12.8. The Morgan fingerprint density at radius 2 is 1.67 bits per heavy atom. The number of carbonyl (C=O) groups excluding carboxylic acids is 3. The number of carbonyl (C=O) groups is 3. The topological polar surface area (TPSA) is 81.7 Å². The molecule has 1 aliphatic carbocycles. The average molecular weight is 417 g/mol. The molecule has 0 bridgehead atoms. The molecule has 0 spiro atoms. The Kier molecular flexibility index (Phi) is 7.11. The molecule has 0 radical (unpaired) electrons. The quantitative estimate of drug-likeness (QED) is 0.700. The van der Waals surface area contributed by atoms with E-state index in [-0.39, 0.29) is 17.7 Å². The summed E-state index contributed by atoms with van der Waals surface area (Å²) in [4.78, 5) is 35.9. The van der Waals surface area contributed by atoms with Crippen molar-refractivity contribution in [1.82, 2.24) is 5.32 Å². The lowest BCUT2D eigenvalue weighted by Crippen LogP contribution is -2.34. The van der Waals surface area contributed by atoms with Gasteiger partial charge < -0.3 is 9.47 Å². The summed E-state index contributed by atoms with van der Waals surface area (Å²) in [5.74, 6) is -2.20. The van der Waals surface area contributed by atoms with Gasteiger partial charge in [-0.2, -0.15) is 8.78 Å². The molecule has 30 heavy (non-hydrogen) atoms. The number of amides is 2. The van der Waals surface area contributed by atoms with E-state index in [0.717, 1.165) is 24.8 Å². The summed E-state index contributed by atoms with van der Waals surface area (Å²) in [7, 11) is 0. The van der Waals surface area contributed by atoms with Crippen molar-refractivity contribution in [3.8, 4) is 5.75 Å². The van der Waals surface area contributed by atoms with Crippen LogP contribution in [-0.2, 0) is 33.6 Å². The number of benzene rings is 2. The first kappa shape index (κ1) is 21.4. The molecular weight excluding hydrogens is 396 g/mol. The summed E-state index contributed by atoms with van der Waals surface area (Å²) in [5.41, 5.74) is 3.46. The predicted octanol–water partition coefficient (Wildman–Crippen LogP) is 3.21. The lowest BCUT2D eigenvalue weighted by molar-refractivity contribution is -0.147. The molecule has 0 aliphatic heterocycles. The number of alkyl halides is 2. The second-order valence-electron chi connectivity index (χ2n) is 6.93. The Bertz CT molecular complexity index is 928. The third-order valence-corrected chi connectivity index (χ3v) is 4.72. The fraction of sp³-hybridized carbons (Fsp3) is 0.318. The van der Waals surface area contributed by atoms with E-state index >= 15 is 0 Å². The number of hydrogen-bond acceptors (Lipinski definition) is 5. The highest BCUT2D eigenvalue weighted by Crippen LogP contribution is 2.22. The van der Waals surface area contributed by atoms with Crippen molar-refractivity contribution in [3.05, 3.63) is 64.7 Å². The number of imide groups is 1. The number of esters is 1. The molecule has 1 N–H and O–H groups in total. The summed E-state index contributed by atoms with van der Waals surface area (Å²) in [6, 6.07) is 10.8. The van der Waals surface area contributed by atoms with Crippen LogP contribution in [0.25, 0.3) is 0 Å². The molecule has 0 heterocycles. The van der Waals surface area contributed by atoms with E-state index in [4.69, 9.17) is 4.74 Å². The second kappa shape index (κ2) is 9.96. The van der Waals surface area contributed by atoms with E-state index < -0.39 is 31.0 Å². The van der Waals surface area contributed by atoms with Crippen molar-refractivity contribution in [1.29, 1.82) is 0 Å². The van der Waals surface area contributed by atoms with E-state index in [1.807, 2.05) is 18.2 Å². The molecule has 0 unspecified atom stereocenters. The molecule has 6 nitrogen and oxygen atoms in total. The van der Waals surface area contributed by atoms with E-state index in [1.54, 1.807) is 0 Å². The number of fused-ring (bicyclic) bond motifs is 1. The molecule has 2 aromatic carbocycles. The fourth-order valence-corrected chi connectivity index (χ4v) is 3.28. The van der Waals surface area contributed by atoms with Gasteiger partial charge in [-0.25, -0.2) is 0 Å². The third kappa shape index (κ3) is 6.10. The van der Waals surface area contributed by atoms with Gasteiger partial charge >= 0.3 is 12.6 Å². The van der Waals surface area contributed by atoms with Crippen molar-refractivity contribution in [2.24, 2.45) is 0 Å². The first-order valence-electron chi connectivity index (χ1n) is 9.56. The smallest absolute Gasteiger partial charge is 0.387 e. The van der Waals surface area contributed by atoms with Crippen LogP contribution in [-0.4, -0.2) is 31.0 Å². The van der Waals surface area contributed by atoms with Gasteiger partial charge in [-0.15, -0.1) is 0 Å². The molecule has 0 fully saturated rings. The standard InChI is InChI=1S/C22H21F2NO5/c23-22(24)30-18-9-7-16(8-10-18)21(28)25-19(26)13-29-20(27)12-14-5-6-15-3-1-2-4-17(15)11-14/h5-11,22H,1-4,12-13H2,(H,25,26,28). The largest absolute Gasteiger partial charge is 0.455 e. The van der Waals surface area contributed by atoms with Crippen molar-refractivity contribution in [3.63, 3.8) is 0 Å². The minimum atomic E-state index is -2.97. The summed E-state index contributed by atoms with van der Waals surface area (Å²) >= 11 is 0. The van der Waals surface area contributed by atoms with Gasteiger partial charge in [0.25, 0.3) is 11.8 Å². The van der Waals surface area contributed by atoms with Crippen LogP contribution in [0.15, 0.2) is 42.5 Å². The minimum absolute atomic E-state index is 0.0418. The highest BCUT2D eigenvalue weighted by molar-refractivity contribution is 6.05. The lowest BCUT2D eigenvalue weighted by atomic mass is 9.90. The molecule has 3 rings (SSSR count). The van der Waals surface area contributed by atoms with Gasteiger partial charge in [-0.1, -0.05) is 18.2 Å². The van der Waals surface area contributed by atoms with Gasteiger partial charge in [0, 0.05) is 5.56 Å². The molecule has 2 amide bonds. The average Bonchev–Trinajstić information content (AvgIpc) is 2.72. The van der Waals surface area contributed by atoms with E-state index in [2.05, 4.69) is 10.1 Å². The summed E-state index contributed by atoms with van der Waals surface area (Å²) < 4.78 is 33.4. The third-order valence-electron chi connectivity index (χ3n) is 4.72. The van der Waals surface area contributed by atoms with Gasteiger partial charge in [0.15, 0.2) is 6.61 Å². The number of hydrogen-bond donors (Lipinski definition) is 1. The number of aryl methyl sites for hydroxylation is 2. The van der Waals surface area contributed by atoms with Gasteiger partial charge in [0.2, 0.25) is 0 Å². The second-order valence-corrected chi connectivity index (χ2v) is 6.93. The summed E-state index contributed by atoms with van der Waals surface area (Å²) in [5, 5.41) is 2.07. The SMILES string of the molecule is O=C(COC(=O)Cc1ccc2c(c1)CCCC2)NC(=O)c1ccc(OC(F)F)cc1. The van der Waals surface area contributed by atoms with Crippen molar-refractivity contribution in [2.75, 3.05) is 6.61 Å². The van der Waals surface area contributed by atoms with E-state index in [0.29, 0.717) is 0 Å². The number of halogens is 2. The molecule has 2 aromatic rings. The minimum Gasteiger partial charge on any atom is -0.455 e. The molecule has 0 atom stereocenters. The Balaban J connectivity index is 1.44. The van der Waals surface area contributed by atoms with Gasteiger partial charge in [0.05, 0.1) is 6.42 Å². The first-order valence-corrected chi connectivity index (χ1v) is 9.56. The maximum Gasteiger partial charge on any atom is 0.387 e. The number of rotatable bonds is 7. The summed E-state index contributed by atoms with van der Waals surface area (Å²) in [6.45, 7) is -3.57. The zero-order chi connectivity index (χ0) is 21.5. The zero-order valence-corrected chi connectivity index (χ0v) is 16.2. The molecule has 0 saturated carbocycles. The van der Waals surface area contributed by atoms with Crippen LogP contribution in [0.4, 0.5) is 8.78 Å². The van der Waals surface area contributed by atoms with Crippen molar-refractivity contribution in [2.45, 2.75) is 38.7 Å². The highest BCUT2D eigenvalue weighted by atomic mass is 19.3. The van der Waals surface area contributed by atoms with E-state index in [1.165, 1.54) is 41.8 Å². The van der Waals surface area contributed by atoms with Crippen LogP contribution >= 0.6 is 0 Å². The molecule has 8 heteroatoms. The van der Waals surface area contributed by atoms with Crippen LogP contribution in [0.1, 0.15) is 39.9 Å². The Labute approximate surface area is 172 Å². The number of ether oxygens (including phenoxy) is 2. The Morgan fingerprint density at radius 1 is 0.967 bits per heavy atom. The van der Waals surface area contributed by atoms with Crippen LogP contribution in [0.2, 0.25) is 0 Å². The monoisotopic (exact) mass is 417 g/mol. The van der Waals surface area contributed by atoms with Gasteiger partial charge in [-0.05, 0) is 66.6 Å². The van der Waals surface area contributed by atoms with Crippen LogP contribution in [0, 0.1) is 0 Å². The molecule has 1 aliphatic rings. The number of nitrogens with one attached hydrogen (secondary N) is 1. The maximum atomic E-state index is 12.1. The molecule has 0 saturated heterocycles. The van der Waals surface area contributed by atoms with Crippen molar-refractivity contribution >= 4 is 17.8 Å². The van der Waals surface area contributed by atoms with Gasteiger partial charge in [-0.3, -0.25) is 19.7 Å². The molecule has 158 valence electrons. The summed E-state index contributed by atoms with van der Waals surface area (Å²) in [6.07, 6.45) is 4.40. The Morgan fingerprint density at radius 3 is 2.37 bits per heavy atom. The van der Waals surface area contributed by atoms with Crippen LogP contribution < -0.4 is 10.1 Å². The molecule has 0 aromatic heterocycles. The first-order chi connectivity index (χ1) is 14.4. The van der Waals surface area contributed by atoms with E-state index in [9.17, 15) is 23.2 Å². The fourth-order valence-electron chi connectivity index (χ4n) is 3.28. The van der Waals surface area contributed by atoms with Gasteiger partial charge in [0.1, 0.15) is 5.75 Å². The van der Waals surface area contributed by atoms with Crippen LogP contribution in [0.5, 0.6) is 5.75 Å². The highest BCUT2D eigenvalue weighted by Gasteiger charge is 2.15. The van der Waals surface area contributed by atoms with Crippen molar-refractivity contribution < 1.29 is 32.6 Å². The molecular formula is C22H21F2NO5. The lowest BCUT2D eigenvalue weighted by Gasteiger charge is -2.16. The zero-order valence-electron chi connectivity index (χ0n) is 16.2.